The lowest BCUT2D eigenvalue weighted by atomic mass is 10.00. The number of fused-ring (bicyclic) bond motifs is 6. The van der Waals surface area contributed by atoms with Crippen molar-refractivity contribution >= 4 is 66.6 Å². The summed E-state index contributed by atoms with van der Waals surface area (Å²) in [6.45, 7) is 7.52. The van der Waals surface area contributed by atoms with Gasteiger partial charge in [-0.15, -0.1) is 0 Å². The van der Waals surface area contributed by atoms with Crippen LogP contribution >= 0.6 is 0 Å². The van der Waals surface area contributed by atoms with Crippen LogP contribution < -0.4 is 4.90 Å². The average molecular weight is 704 g/mol. The Bertz CT molecular complexity index is 2970. The molecule has 0 unspecified atom stereocenters. The topological polar surface area (TPSA) is 57.7 Å². The van der Waals surface area contributed by atoms with E-state index in [0.717, 1.165) is 94.3 Å². The molecule has 0 aliphatic rings. The van der Waals surface area contributed by atoms with Gasteiger partial charge in [-0.1, -0.05) is 109 Å². The first kappa shape index (κ1) is 31.8. The Morgan fingerprint density at radius 3 is 1.38 bits per heavy atom. The maximum Gasteiger partial charge on any atom is 0.189 e. The highest BCUT2D eigenvalue weighted by molar-refractivity contribution is 6.10. The summed E-state index contributed by atoms with van der Waals surface area (Å²) in [7, 11) is 0. The molecule has 0 bridgehead atoms. The summed E-state index contributed by atoms with van der Waals surface area (Å²) in [6, 6.07) is 61.8. The third-order valence-corrected chi connectivity index (χ3v) is 10.3. The van der Waals surface area contributed by atoms with Crippen LogP contribution in [0.25, 0.3) is 82.1 Å². The van der Waals surface area contributed by atoms with Gasteiger partial charge in [0, 0.05) is 55.3 Å². The molecular weight excluding hydrogens is 675 g/mol. The van der Waals surface area contributed by atoms with Gasteiger partial charge in [0.25, 0.3) is 0 Å². The summed E-state index contributed by atoms with van der Waals surface area (Å²) in [5, 5.41) is 14.0. The molecule has 0 radical (unpaired) electrons. The number of nitrogens with zero attached hydrogens (tertiary/aromatic N) is 3. The number of para-hydroxylation sites is 4. The highest BCUT2D eigenvalue weighted by atomic mass is 16.3. The summed E-state index contributed by atoms with van der Waals surface area (Å²) in [6.07, 6.45) is 0. The summed E-state index contributed by atoms with van der Waals surface area (Å²) >= 11 is 0. The van der Waals surface area contributed by atoms with Gasteiger partial charge in [-0.2, -0.15) is 5.26 Å². The Hall–Kier alpha value is -7.86. The number of benzene rings is 8. The molecule has 0 spiro atoms. The Morgan fingerprint density at radius 1 is 0.455 bits per heavy atom. The van der Waals surface area contributed by atoms with Gasteiger partial charge in [0.2, 0.25) is 0 Å². The van der Waals surface area contributed by atoms with Crippen molar-refractivity contribution in [3.63, 3.8) is 0 Å². The van der Waals surface area contributed by atoms with Crippen molar-refractivity contribution in [1.29, 1.82) is 5.26 Å². The van der Waals surface area contributed by atoms with E-state index in [-0.39, 0.29) is 0 Å². The van der Waals surface area contributed by atoms with E-state index in [2.05, 4.69) is 125 Å². The molecule has 2 aromatic heterocycles. The van der Waals surface area contributed by atoms with Gasteiger partial charge in [0.15, 0.2) is 5.69 Å². The average Bonchev–Trinajstić information content (AvgIpc) is 3.83. The van der Waals surface area contributed by atoms with Crippen molar-refractivity contribution in [3.8, 4) is 39.4 Å². The molecule has 256 valence electrons. The molecule has 5 heteroatoms. The predicted molar refractivity (Wildman–Crippen MR) is 223 cm³/mol. The lowest BCUT2D eigenvalue weighted by molar-refractivity contribution is 0.669. The number of hydrogen-bond donors (Lipinski definition) is 0. The standard InChI is InChI=1S/C50H29N3O2/c1-52-37-29-32(31-51)28-36(30-37)33-16-22-38(23-17-33)53(39-24-18-34(19-25-39)41-10-6-12-45-43-8-2-4-14-47(43)54-49(41)45)40-26-20-35(21-27-40)42-11-7-13-46-44-9-3-5-15-48(44)55-50(42)46/h2-30H. The van der Waals surface area contributed by atoms with Gasteiger partial charge in [0.05, 0.1) is 12.6 Å². The maximum absolute atomic E-state index is 9.58. The van der Waals surface area contributed by atoms with Gasteiger partial charge < -0.3 is 13.7 Å². The van der Waals surface area contributed by atoms with Crippen LogP contribution in [0.5, 0.6) is 0 Å². The summed E-state index contributed by atoms with van der Waals surface area (Å²) in [4.78, 5) is 5.82. The third-order valence-electron chi connectivity index (χ3n) is 10.3. The summed E-state index contributed by atoms with van der Waals surface area (Å²) < 4.78 is 12.7. The Labute approximate surface area is 317 Å². The van der Waals surface area contributed by atoms with Crippen molar-refractivity contribution in [2.45, 2.75) is 0 Å². The normalized spacial score (nSPS) is 11.2. The fraction of sp³-hybridized carbons (Fsp3) is 0. The first-order chi connectivity index (χ1) is 27.1. The van der Waals surface area contributed by atoms with Gasteiger partial charge in [-0.3, -0.25) is 0 Å². The predicted octanol–water partition coefficient (Wildman–Crippen LogP) is 14.4. The summed E-state index contributed by atoms with van der Waals surface area (Å²) in [5.74, 6) is 0. The maximum atomic E-state index is 9.58. The zero-order chi connectivity index (χ0) is 36.9. The van der Waals surface area contributed by atoms with Crippen molar-refractivity contribution in [2.75, 3.05) is 4.90 Å². The molecule has 0 amide bonds. The Kier molecular flexibility index (Phi) is 7.51. The zero-order valence-electron chi connectivity index (χ0n) is 29.4. The molecule has 2 heterocycles. The van der Waals surface area contributed by atoms with E-state index in [1.807, 2.05) is 60.7 Å². The fourth-order valence-corrected chi connectivity index (χ4v) is 7.69. The van der Waals surface area contributed by atoms with Gasteiger partial charge >= 0.3 is 0 Å². The van der Waals surface area contributed by atoms with E-state index in [1.54, 1.807) is 6.07 Å². The van der Waals surface area contributed by atoms with Crippen molar-refractivity contribution in [2.24, 2.45) is 0 Å². The number of furan rings is 2. The van der Waals surface area contributed by atoms with Crippen LogP contribution in [0.1, 0.15) is 5.56 Å². The third kappa shape index (κ3) is 5.47. The fourth-order valence-electron chi connectivity index (χ4n) is 7.69. The van der Waals surface area contributed by atoms with Crippen molar-refractivity contribution in [3.05, 3.63) is 193 Å². The van der Waals surface area contributed by atoms with Crippen LogP contribution in [0, 0.1) is 17.9 Å². The largest absolute Gasteiger partial charge is 0.455 e. The molecule has 5 nitrogen and oxygen atoms in total. The van der Waals surface area contributed by atoms with Crippen LogP contribution in [-0.2, 0) is 0 Å². The lowest BCUT2D eigenvalue weighted by Crippen LogP contribution is -2.09. The van der Waals surface area contributed by atoms with Crippen LogP contribution in [-0.4, -0.2) is 0 Å². The van der Waals surface area contributed by atoms with Gasteiger partial charge in [-0.25, -0.2) is 4.85 Å². The second-order valence-electron chi connectivity index (χ2n) is 13.5. The van der Waals surface area contributed by atoms with E-state index >= 15 is 0 Å². The second kappa shape index (κ2) is 13.0. The monoisotopic (exact) mass is 703 g/mol. The SMILES string of the molecule is [C-]#[N+]c1cc(C#N)cc(-c2ccc(N(c3ccc(-c4cccc5c4oc4ccccc45)cc3)c3ccc(-c4cccc5c4oc4ccccc45)cc3)cc2)c1. The molecule has 0 aliphatic carbocycles. The highest BCUT2D eigenvalue weighted by Gasteiger charge is 2.17. The lowest BCUT2D eigenvalue weighted by Gasteiger charge is -2.26. The minimum atomic E-state index is 0.441. The van der Waals surface area contributed by atoms with Crippen molar-refractivity contribution < 1.29 is 8.83 Å². The molecule has 55 heavy (non-hydrogen) atoms. The number of anilines is 3. The molecule has 0 N–H and O–H groups in total. The van der Waals surface area contributed by atoms with Crippen molar-refractivity contribution in [1.82, 2.24) is 0 Å². The summed E-state index contributed by atoms with van der Waals surface area (Å²) in [5.41, 5.74) is 13.3. The molecule has 0 aliphatic heterocycles. The zero-order valence-corrected chi connectivity index (χ0v) is 29.4. The minimum absolute atomic E-state index is 0.441. The van der Waals surface area contributed by atoms with E-state index in [1.165, 1.54) is 0 Å². The highest BCUT2D eigenvalue weighted by Crippen LogP contribution is 2.41. The smallest absolute Gasteiger partial charge is 0.189 e. The quantitative estimate of drug-likeness (QED) is 0.162. The molecule has 8 aromatic carbocycles. The molecule has 10 aromatic rings. The Balaban J connectivity index is 1.06. The Morgan fingerprint density at radius 2 is 0.909 bits per heavy atom. The van der Waals surface area contributed by atoms with Crippen LogP contribution in [0.4, 0.5) is 22.7 Å². The van der Waals surface area contributed by atoms with Crippen LogP contribution in [0.3, 0.4) is 0 Å². The first-order valence-electron chi connectivity index (χ1n) is 18.0. The number of rotatable bonds is 6. The molecule has 0 saturated carbocycles. The molecular formula is C50H29N3O2. The molecule has 10 rings (SSSR count). The van der Waals surface area contributed by atoms with E-state index < -0.39 is 0 Å². The van der Waals surface area contributed by atoms with Gasteiger partial charge in [-0.05, 0) is 89.0 Å². The minimum Gasteiger partial charge on any atom is -0.455 e. The van der Waals surface area contributed by atoms with Gasteiger partial charge in [0.1, 0.15) is 22.3 Å². The molecule has 0 saturated heterocycles. The van der Waals surface area contributed by atoms with Crippen LogP contribution in [0.2, 0.25) is 0 Å². The van der Waals surface area contributed by atoms with E-state index in [9.17, 15) is 5.26 Å². The first-order valence-corrected chi connectivity index (χ1v) is 18.0. The second-order valence-corrected chi connectivity index (χ2v) is 13.5. The van der Waals surface area contributed by atoms with E-state index in [4.69, 9.17) is 15.4 Å². The molecule has 0 fully saturated rings. The number of hydrogen-bond acceptors (Lipinski definition) is 4. The number of nitriles is 1. The van der Waals surface area contributed by atoms with Crippen LogP contribution in [0.15, 0.2) is 185 Å². The molecule has 0 atom stereocenters. The van der Waals surface area contributed by atoms with E-state index in [0.29, 0.717) is 11.3 Å².